The molecule has 0 radical (unpaired) electrons. The molecule has 0 fully saturated rings. The van der Waals surface area contributed by atoms with Gasteiger partial charge >= 0.3 is 5.97 Å². The minimum Gasteiger partial charge on any atom is -0.468 e. The molecule has 0 aliphatic heterocycles. The Labute approximate surface area is 166 Å². The minimum absolute atomic E-state index is 0.138. The smallest absolute Gasteiger partial charge is 0.330 e. The maximum absolute atomic E-state index is 13.1. The molecule has 146 valence electrons. The van der Waals surface area contributed by atoms with Crippen molar-refractivity contribution in [3.63, 3.8) is 0 Å². The van der Waals surface area contributed by atoms with E-state index in [2.05, 4.69) is 4.98 Å². The molecule has 28 heavy (non-hydrogen) atoms. The van der Waals surface area contributed by atoms with Gasteiger partial charge in [-0.05, 0) is 29.1 Å². The van der Waals surface area contributed by atoms with Gasteiger partial charge in [0.2, 0.25) is 10.0 Å². The molecule has 1 atom stereocenters. The maximum atomic E-state index is 13.1. The topological polar surface area (TPSA) is 93.6 Å². The molecule has 0 aliphatic rings. The fraction of sp³-hybridized carbons (Fsp3) is 0.211. The number of aromatic nitrogens is 1. The largest absolute Gasteiger partial charge is 0.468 e. The van der Waals surface area contributed by atoms with Crippen LogP contribution < -0.4 is 5.43 Å². The van der Waals surface area contributed by atoms with Crippen molar-refractivity contribution in [1.29, 1.82) is 0 Å². The van der Waals surface area contributed by atoms with Gasteiger partial charge in [-0.1, -0.05) is 29.8 Å². The molecule has 0 N–H and O–H groups in total. The number of carbonyl (C=O) groups is 1. The first-order valence-corrected chi connectivity index (χ1v) is 10.1. The zero-order valence-corrected chi connectivity index (χ0v) is 16.9. The molecule has 0 saturated carbocycles. The van der Waals surface area contributed by atoms with E-state index >= 15 is 0 Å². The lowest BCUT2D eigenvalue weighted by atomic mass is 10.1. The lowest BCUT2D eigenvalue weighted by molar-refractivity contribution is -0.140. The molecule has 3 rings (SSSR count). The van der Waals surface area contributed by atoms with Crippen molar-refractivity contribution in [3.05, 3.63) is 63.4 Å². The molecule has 7 nitrogen and oxygen atoms in total. The van der Waals surface area contributed by atoms with Crippen molar-refractivity contribution in [2.24, 2.45) is 0 Å². The van der Waals surface area contributed by atoms with E-state index in [-0.39, 0.29) is 16.4 Å². The molecule has 0 amide bonds. The van der Waals surface area contributed by atoms with E-state index in [4.69, 9.17) is 16.3 Å². The van der Waals surface area contributed by atoms with Gasteiger partial charge in [0.15, 0.2) is 10.7 Å². The van der Waals surface area contributed by atoms with Gasteiger partial charge in [-0.2, -0.15) is 0 Å². The molecule has 9 heteroatoms. The average Bonchev–Trinajstić information content (AvgIpc) is 2.78. The summed E-state index contributed by atoms with van der Waals surface area (Å²) in [5.41, 5.74) is 0.231. The third kappa shape index (κ3) is 3.46. The number of hydrogen-bond donors (Lipinski definition) is 0. The number of pyridine rings is 1. The van der Waals surface area contributed by atoms with E-state index in [1.54, 1.807) is 18.2 Å². The van der Waals surface area contributed by atoms with Crippen molar-refractivity contribution in [2.75, 3.05) is 21.2 Å². The number of sulfonamides is 1. The van der Waals surface area contributed by atoms with E-state index in [1.807, 2.05) is 0 Å². The summed E-state index contributed by atoms with van der Waals surface area (Å²) >= 11 is 5.97. The number of fused-ring (bicyclic) bond motifs is 2. The number of halogens is 1. The van der Waals surface area contributed by atoms with Crippen molar-refractivity contribution in [1.82, 2.24) is 9.29 Å². The summed E-state index contributed by atoms with van der Waals surface area (Å²) in [7, 11) is -0.263. The predicted molar refractivity (Wildman–Crippen MR) is 108 cm³/mol. The Bertz CT molecular complexity index is 1260. The summed E-state index contributed by atoms with van der Waals surface area (Å²) in [6, 6.07) is 9.39. The Morgan fingerprint density at radius 2 is 1.82 bits per heavy atom. The first kappa shape index (κ1) is 20.2. The van der Waals surface area contributed by atoms with Crippen molar-refractivity contribution in [3.8, 4) is 0 Å². The molecule has 1 aromatic heterocycles. The maximum Gasteiger partial charge on any atom is 0.330 e. The SMILES string of the molecule is COC(=O)C(c1ccc2ccc3ncc(Cl)cc3c(=O)c2c1)S(=O)(=O)N(C)C. The number of hydrogen-bond acceptors (Lipinski definition) is 6. The minimum atomic E-state index is -4.03. The number of nitrogens with zero attached hydrogens (tertiary/aromatic N) is 2. The molecular weight excluding hydrogens is 404 g/mol. The number of rotatable bonds is 4. The Kier molecular flexibility index (Phi) is 5.38. The quantitative estimate of drug-likeness (QED) is 0.602. The van der Waals surface area contributed by atoms with Crippen LogP contribution in [-0.4, -0.2) is 44.9 Å². The van der Waals surface area contributed by atoms with Crippen LogP contribution in [0.25, 0.3) is 21.7 Å². The molecule has 0 saturated heterocycles. The summed E-state index contributed by atoms with van der Waals surface area (Å²) < 4.78 is 31.0. The lowest BCUT2D eigenvalue weighted by Crippen LogP contribution is -2.33. The van der Waals surface area contributed by atoms with E-state index in [9.17, 15) is 18.0 Å². The number of benzene rings is 1. The van der Waals surface area contributed by atoms with Gasteiger partial charge in [-0.15, -0.1) is 0 Å². The third-order valence-corrected chi connectivity index (χ3v) is 6.68. The number of ether oxygens (including phenoxy) is 1. The van der Waals surface area contributed by atoms with Crippen molar-refractivity contribution < 1.29 is 17.9 Å². The van der Waals surface area contributed by atoms with Crippen LogP contribution in [0.2, 0.25) is 5.02 Å². The van der Waals surface area contributed by atoms with Crippen LogP contribution in [0.3, 0.4) is 0 Å². The highest BCUT2D eigenvalue weighted by Crippen LogP contribution is 2.28. The Balaban J connectivity index is 2.37. The molecule has 3 aromatic rings. The average molecular weight is 421 g/mol. The summed E-state index contributed by atoms with van der Waals surface area (Å²) in [5, 5.41) is -0.157. The highest BCUT2D eigenvalue weighted by Gasteiger charge is 2.37. The molecule has 2 aromatic carbocycles. The Morgan fingerprint density at radius 1 is 1.14 bits per heavy atom. The van der Waals surface area contributed by atoms with E-state index in [0.29, 0.717) is 21.3 Å². The second-order valence-electron chi connectivity index (χ2n) is 6.33. The first-order valence-electron chi connectivity index (χ1n) is 8.18. The zero-order valence-electron chi connectivity index (χ0n) is 15.3. The first-order chi connectivity index (χ1) is 13.2. The monoisotopic (exact) mass is 420 g/mol. The fourth-order valence-electron chi connectivity index (χ4n) is 2.90. The third-order valence-electron chi connectivity index (χ3n) is 4.40. The van der Waals surface area contributed by atoms with Crippen LogP contribution >= 0.6 is 11.6 Å². The van der Waals surface area contributed by atoms with Gasteiger partial charge in [-0.25, -0.2) is 12.7 Å². The normalized spacial score (nSPS) is 13.0. The summed E-state index contributed by atoms with van der Waals surface area (Å²) in [6.45, 7) is 0. The second-order valence-corrected chi connectivity index (χ2v) is 8.99. The molecular formula is C19H17ClN2O5S. The zero-order chi connectivity index (χ0) is 20.6. The van der Waals surface area contributed by atoms with Gasteiger partial charge < -0.3 is 4.74 Å². The fourth-order valence-corrected chi connectivity index (χ4v) is 4.31. The van der Waals surface area contributed by atoms with Gasteiger partial charge in [-0.3, -0.25) is 14.6 Å². The summed E-state index contributed by atoms with van der Waals surface area (Å²) in [6.07, 6.45) is 1.44. The van der Waals surface area contributed by atoms with Crippen LogP contribution in [0.15, 0.2) is 47.4 Å². The number of methoxy groups -OCH3 is 1. The van der Waals surface area contributed by atoms with Crippen molar-refractivity contribution in [2.45, 2.75) is 5.25 Å². The summed E-state index contributed by atoms with van der Waals surface area (Å²) in [4.78, 5) is 29.5. The van der Waals surface area contributed by atoms with E-state index in [0.717, 1.165) is 11.4 Å². The molecule has 1 unspecified atom stereocenters. The summed E-state index contributed by atoms with van der Waals surface area (Å²) in [5.74, 6) is -0.935. The molecule has 0 aliphatic carbocycles. The van der Waals surface area contributed by atoms with Gasteiger partial charge in [0.25, 0.3) is 0 Å². The van der Waals surface area contributed by atoms with E-state index < -0.39 is 21.2 Å². The number of carbonyl (C=O) groups excluding carboxylic acids is 1. The Hall–Kier alpha value is -2.55. The van der Waals surface area contributed by atoms with Crippen LogP contribution in [0.1, 0.15) is 10.8 Å². The van der Waals surface area contributed by atoms with Gasteiger partial charge in [0.05, 0.1) is 17.6 Å². The van der Waals surface area contributed by atoms with E-state index in [1.165, 1.54) is 38.5 Å². The molecule has 0 spiro atoms. The van der Waals surface area contributed by atoms with Crippen LogP contribution in [0, 0.1) is 0 Å². The number of esters is 1. The molecule has 0 bridgehead atoms. The van der Waals surface area contributed by atoms with Crippen molar-refractivity contribution >= 4 is 49.3 Å². The van der Waals surface area contributed by atoms with Gasteiger partial charge in [0.1, 0.15) is 0 Å². The second kappa shape index (κ2) is 7.46. The van der Waals surface area contributed by atoms with Crippen LogP contribution in [0.4, 0.5) is 0 Å². The molecule has 1 heterocycles. The standard InChI is InChI=1S/C19H17ClN2O5S/c1-22(2)28(25,26)18(19(24)27-3)12-5-4-11-6-7-16-15(9-13(20)10-21-16)17(23)14(11)8-12/h4-10,18H,1-3H3. The highest BCUT2D eigenvalue weighted by atomic mass is 35.5. The van der Waals surface area contributed by atoms with Gasteiger partial charge in [0, 0.05) is 31.1 Å². The van der Waals surface area contributed by atoms with Crippen LogP contribution in [0.5, 0.6) is 0 Å². The highest BCUT2D eigenvalue weighted by molar-refractivity contribution is 7.90. The predicted octanol–water partition coefficient (Wildman–Crippen LogP) is 2.51. The lowest BCUT2D eigenvalue weighted by Gasteiger charge is -2.20. The Morgan fingerprint density at radius 3 is 2.46 bits per heavy atom. The van der Waals surface area contributed by atoms with Crippen LogP contribution in [-0.2, 0) is 19.6 Å².